The maximum atomic E-state index is 12.7. The predicted octanol–water partition coefficient (Wildman–Crippen LogP) is 1.60. The number of hydrogen-bond donors (Lipinski definition) is 0. The molecule has 1 aromatic rings. The molecule has 2 atom stereocenters. The molecule has 2 aliphatic rings. The van der Waals surface area contributed by atoms with Crippen LogP contribution in [0.25, 0.3) is 0 Å². The normalized spacial score (nSPS) is 24.8. The summed E-state index contributed by atoms with van der Waals surface area (Å²) in [5.41, 5.74) is 0. The second-order valence-corrected chi connectivity index (χ2v) is 8.41. The summed E-state index contributed by atoms with van der Waals surface area (Å²) in [5.74, 6) is -1.70. The number of carbonyl (C=O) groups excluding carboxylic acids is 2. The summed E-state index contributed by atoms with van der Waals surface area (Å²) in [6.45, 7) is 0.601. The Morgan fingerprint density at radius 1 is 1.24 bits per heavy atom. The van der Waals surface area contributed by atoms with Gasteiger partial charge < -0.3 is 9.47 Å². The summed E-state index contributed by atoms with van der Waals surface area (Å²) < 4.78 is 36.7. The molecule has 136 valence electrons. The molecule has 0 spiro atoms. The van der Waals surface area contributed by atoms with E-state index in [0.29, 0.717) is 30.8 Å². The Kier molecular flexibility index (Phi) is 5.31. The van der Waals surface area contributed by atoms with Gasteiger partial charge in [0, 0.05) is 24.5 Å². The Hall–Kier alpha value is -1.64. The van der Waals surface area contributed by atoms with Crippen LogP contribution in [0, 0.1) is 5.92 Å². The van der Waals surface area contributed by atoms with Crippen molar-refractivity contribution in [3.8, 4) is 0 Å². The minimum Gasteiger partial charge on any atom is -0.463 e. The standard InChI is InChI=1S/C16H18ClNO6S/c17-12-3-5-13(6-4-12)25(21,22)18-8-1-2-11(10-18)15(19)24-14-7-9-23-16(14)20/h3-6,11,14H,1-2,7-10H2/t11-,14+/m1/s1. The minimum atomic E-state index is -3.71. The molecule has 0 bridgehead atoms. The molecular weight excluding hydrogens is 370 g/mol. The van der Waals surface area contributed by atoms with Crippen LogP contribution in [0.5, 0.6) is 0 Å². The number of carbonyl (C=O) groups is 2. The van der Waals surface area contributed by atoms with Crippen LogP contribution in [0.15, 0.2) is 29.2 Å². The van der Waals surface area contributed by atoms with E-state index in [-0.39, 0.29) is 18.0 Å². The smallest absolute Gasteiger partial charge is 0.347 e. The Labute approximate surface area is 150 Å². The SMILES string of the molecule is O=C(O[C@H]1CCOC1=O)[C@@H]1CCCN(S(=O)(=O)c2ccc(Cl)cc2)C1. The number of esters is 2. The van der Waals surface area contributed by atoms with Crippen LogP contribution in [0.4, 0.5) is 0 Å². The fraction of sp³-hybridized carbons (Fsp3) is 0.500. The first kappa shape index (κ1) is 18.2. The van der Waals surface area contributed by atoms with Gasteiger partial charge in [0.2, 0.25) is 16.1 Å². The zero-order chi connectivity index (χ0) is 18.0. The van der Waals surface area contributed by atoms with E-state index in [4.69, 9.17) is 21.1 Å². The highest BCUT2D eigenvalue weighted by Crippen LogP contribution is 2.26. The van der Waals surface area contributed by atoms with E-state index in [1.165, 1.54) is 28.6 Å². The van der Waals surface area contributed by atoms with Gasteiger partial charge in [-0.1, -0.05) is 11.6 Å². The fourth-order valence-electron chi connectivity index (χ4n) is 2.93. The second kappa shape index (κ2) is 7.31. The average molecular weight is 388 g/mol. The van der Waals surface area contributed by atoms with Crippen molar-refractivity contribution in [2.45, 2.75) is 30.3 Å². The third kappa shape index (κ3) is 3.96. The van der Waals surface area contributed by atoms with Gasteiger partial charge in [0.25, 0.3) is 0 Å². The van der Waals surface area contributed by atoms with Gasteiger partial charge in [-0.2, -0.15) is 4.31 Å². The van der Waals surface area contributed by atoms with E-state index in [0.717, 1.165) is 0 Å². The lowest BCUT2D eigenvalue weighted by Gasteiger charge is -2.31. The molecule has 0 saturated carbocycles. The van der Waals surface area contributed by atoms with E-state index in [1.54, 1.807) is 0 Å². The van der Waals surface area contributed by atoms with Crippen molar-refractivity contribution < 1.29 is 27.5 Å². The van der Waals surface area contributed by atoms with E-state index in [1.807, 2.05) is 0 Å². The van der Waals surface area contributed by atoms with Crippen LogP contribution in [0.2, 0.25) is 5.02 Å². The predicted molar refractivity (Wildman–Crippen MR) is 88.4 cm³/mol. The van der Waals surface area contributed by atoms with E-state index in [2.05, 4.69) is 0 Å². The highest BCUT2D eigenvalue weighted by atomic mass is 35.5. The first-order valence-corrected chi connectivity index (χ1v) is 9.82. The summed E-state index contributed by atoms with van der Waals surface area (Å²) in [7, 11) is -3.71. The van der Waals surface area contributed by atoms with Gasteiger partial charge in [-0.15, -0.1) is 0 Å². The maximum Gasteiger partial charge on any atom is 0.347 e. The third-order valence-electron chi connectivity index (χ3n) is 4.31. The number of cyclic esters (lactones) is 1. The van der Waals surface area contributed by atoms with Crippen LogP contribution in [-0.2, 0) is 29.1 Å². The van der Waals surface area contributed by atoms with Crippen molar-refractivity contribution in [1.29, 1.82) is 0 Å². The highest BCUT2D eigenvalue weighted by Gasteiger charge is 2.37. The van der Waals surface area contributed by atoms with Gasteiger partial charge in [0.05, 0.1) is 17.4 Å². The highest BCUT2D eigenvalue weighted by molar-refractivity contribution is 7.89. The zero-order valence-corrected chi connectivity index (χ0v) is 15.0. The van der Waals surface area contributed by atoms with Crippen molar-refractivity contribution in [3.63, 3.8) is 0 Å². The summed E-state index contributed by atoms with van der Waals surface area (Å²) in [4.78, 5) is 23.8. The molecule has 1 aromatic carbocycles. The first-order chi connectivity index (χ1) is 11.9. The van der Waals surface area contributed by atoms with Crippen molar-refractivity contribution in [1.82, 2.24) is 4.31 Å². The van der Waals surface area contributed by atoms with Gasteiger partial charge in [-0.05, 0) is 37.1 Å². The Morgan fingerprint density at radius 2 is 1.96 bits per heavy atom. The summed E-state index contributed by atoms with van der Waals surface area (Å²) in [6, 6.07) is 5.90. The van der Waals surface area contributed by atoms with Crippen LogP contribution >= 0.6 is 11.6 Å². The van der Waals surface area contributed by atoms with Gasteiger partial charge >= 0.3 is 11.9 Å². The van der Waals surface area contributed by atoms with Crippen LogP contribution in [-0.4, -0.2) is 50.5 Å². The molecule has 2 fully saturated rings. The molecule has 2 saturated heterocycles. The third-order valence-corrected chi connectivity index (χ3v) is 6.45. The lowest BCUT2D eigenvalue weighted by atomic mass is 10.00. The number of sulfonamides is 1. The van der Waals surface area contributed by atoms with E-state index in [9.17, 15) is 18.0 Å². The summed E-state index contributed by atoms with van der Waals surface area (Å²) >= 11 is 5.80. The second-order valence-electron chi connectivity index (χ2n) is 6.04. The number of ether oxygens (including phenoxy) is 2. The molecule has 25 heavy (non-hydrogen) atoms. The zero-order valence-electron chi connectivity index (χ0n) is 13.4. The fourth-order valence-corrected chi connectivity index (χ4v) is 4.58. The van der Waals surface area contributed by atoms with Crippen molar-refractivity contribution in [2.24, 2.45) is 5.92 Å². The molecule has 7 nitrogen and oxygen atoms in total. The van der Waals surface area contributed by atoms with Gasteiger partial charge in [0.1, 0.15) is 0 Å². The number of halogens is 1. The average Bonchev–Trinajstić information content (AvgIpc) is 3.00. The van der Waals surface area contributed by atoms with Crippen molar-refractivity contribution in [3.05, 3.63) is 29.3 Å². The van der Waals surface area contributed by atoms with Gasteiger partial charge in [-0.25, -0.2) is 13.2 Å². The number of rotatable bonds is 4. The Bertz CT molecular complexity index is 763. The molecule has 0 unspecified atom stereocenters. The molecule has 2 aliphatic heterocycles. The van der Waals surface area contributed by atoms with Crippen molar-refractivity contribution >= 4 is 33.6 Å². The molecule has 0 aromatic heterocycles. The van der Waals surface area contributed by atoms with Gasteiger partial charge in [0.15, 0.2) is 0 Å². The Balaban J connectivity index is 1.68. The summed E-state index contributed by atoms with van der Waals surface area (Å²) in [6.07, 6.45) is 0.523. The quantitative estimate of drug-likeness (QED) is 0.729. The van der Waals surface area contributed by atoms with Crippen LogP contribution in [0.1, 0.15) is 19.3 Å². The lowest BCUT2D eigenvalue weighted by molar-refractivity contribution is -0.164. The molecule has 3 rings (SSSR count). The number of piperidine rings is 1. The molecule has 9 heteroatoms. The first-order valence-electron chi connectivity index (χ1n) is 8.01. The molecule has 0 radical (unpaired) electrons. The maximum absolute atomic E-state index is 12.7. The molecule has 0 N–H and O–H groups in total. The number of hydrogen-bond acceptors (Lipinski definition) is 6. The Morgan fingerprint density at radius 3 is 2.60 bits per heavy atom. The van der Waals surface area contributed by atoms with Crippen molar-refractivity contribution in [2.75, 3.05) is 19.7 Å². The lowest BCUT2D eigenvalue weighted by Crippen LogP contribution is -2.43. The molecular formula is C16H18ClNO6S. The van der Waals surface area contributed by atoms with E-state index >= 15 is 0 Å². The van der Waals surface area contributed by atoms with Crippen LogP contribution < -0.4 is 0 Å². The van der Waals surface area contributed by atoms with Crippen LogP contribution in [0.3, 0.4) is 0 Å². The number of benzene rings is 1. The van der Waals surface area contributed by atoms with Gasteiger partial charge in [-0.3, -0.25) is 4.79 Å². The molecule has 2 heterocycles. The topological polar surface area (TPSA) is 90.0 Å². The van der Waals surface area contributed by atoms with E-state index < -0.39 is 34.0 Å². The monoisotopic (exact) mass is 387 g/mol. The molecule has 0 aliphatic carbocycles. The number of nitrogens with zero attached hydrogens (tertiary/aromatic N) is 1. The largest absolute Gasteiger partial charge is 0.463 e. The molecule has 0 amide bonds. The minimum absolute atomic E-state index is 0.0333. The summed E-state index contributed by atoms with van der Waals surface area (Å²) in [5, 5.41) is 0.447.